The van der Waals surface area contributed by atoms with Gasteiger partial charge in [0.15, 0.2) is 0 Å². The maximum absolute atomic E-state index is 13.3. The monoisotopic (exact) mass is 334 g/mol. The molecule has 0 N–H and O–H groups in total. The lowest BCUT2D eigenvalue weighted by molar-refractivity contribution is -0.129. The molecular formula is C14H7F5O2S. The van der Waals surface area contributed by atoms with Gasteiger partial charge in [0, 0.05) is 11.0 Å². The summed E-state index contributed by atoms with van der Waals surface area (Å²) < 4.78 is 69.5. The minimum Gasteiger partial charge on any atom is -0.417 e. The van der Waals surface area contributed by atoms with Crippen molar-refractivity contribution >= 4 is 23.4 Å². The molecule has 0 amide bonds. The largest absolute Gasteiger partial charge is 0.417 e. The molecule has 0 spiro atoms. The van der Waals surface area contributed by atoms with Gasteiger partial charge in [0.1, 0.15) is 0 Å². The lowest BCUT2D eigenvalue weighted by Crippen LogP contribution is -2.11. The summed E-state index contributed by atoms with van der Waals surface area (Å²) >= 11 is 1.30. The summed E-state index contributed by atoms with van der Waals surface area (Å²) in [6.07, 6.45) is 2.12. The maximum atomic E-state index is 13.3. The van der Waals surface area contributed by atoms with E-state index in [-0.39, 0.29) is 0 Å². The Morgan fingerprint density at radius 1 is 1.05 bits per heavy atom. The molecule has 0 aliphatic heterocycles. The van der Waals surface area contributed by atoms with Crippen LogP contribution in [0.5, 0.6) is 5.75 Å². The molecule has 0 saturated heterocycles. The molecule has 116 valence electrons. The van der Waals surface area contributed by atoms with Gasteiger partial charge in [-0.2, -0.15) is 8.78 Å². The summed E-state index contributed by atoms with van der Waals surface area (Å²) in [5, 5.41) is 1.80. The van der Waals surface area contributed by atoms with Crippen LogP contribution in [-0.4, -0.2) is 5.97 Å². The first kappa shape index (κ1) is 16.2. The molecule has 1 aromatic heterocycles. The molecule has 0 bridgehead atoms. The van der Waals surface area contributed by atoms with Crippen LogP contribution in [0, 0.1) is 36.0 Å². The quantitative estimate of drug-likeness (QED) is 0.208. The number of hydrogen-bond donors (Lipinski definition) is 0. The van der Waals surface area contributed by atoms with E-state index >= 15 is 0 Å². The lowest BCUT2D eigenvalue weighted by Gasteiger charge is -2.07. The van der Waals surface area contributed by atoms with E-state index in [9.17, 15) is 26.7 Å². The van der Waals surface area contributed by atoms with Crippen LogP contribution in [0.1, 0.15) is 10.4 Å². The van der Waals surface area contributed by atoms with Gasteiger partial charge in [-0.1, -0.05) is 0 Å². The lowest BCUT2D eigenvalue weighted by atomic mass is 10.2. The number of hydrogen-bond acceptors (Lipinski definition) is 3. The van der Waals surface area contributed by atoms with Crippen molar-refractivity contribution in [3.05, 3.63) is 57.0 Å². The Hall–Kier alpha value is -2.22. The second-order valence-corrected chi connectivity index (χ2v) is 5.12. The molecular weight excluding hydrogens is 327 g/mol. The predicted molar refractivity (Wildman–Crippen MR) is 70.0 cm³/mol. The predicted octanol–water partition coefficient (Wildman–Crippen LogP) is 4.37. The minimum absolute atomic E-state index is 0.659. The van der Waals surface area contributed by atoms with Gasteiger partial charge in [-0.05, 0) is 30.0 Å². The zero-order chi connectivity index (χ0) is 16.4. The van der Waals surface area contributed by atoms with E-state index in [4.69, 9.17) is 0 Å². The number of benzene rings is 1. The number of carbonyl (C=O) groups excluding carboxylic acids is 1. The molecule has 2 aromatic rings. The molecule has 1 heterocycles. The number of ether oxygens (including phenoxy) is 1. The fourth-order valence-electron chi connectivity index (χ4n) is 1.50. The number of rotatable bonds is 3. The molecule has 0 atom stereocenters. The average Bonchev–Trinajstić information content (AvgIpc) is 2.91. The third kappa shape index (κ3) is 3.16. The van der Waals surface area contributed by atoms with E-state index < -0.39 is 40.8 Å². The van der Waals surface area contributed by atoms with Crippen LogP contribution in [0.2, 0.25) is 0 Å². The van der Waals surface area contributed by atoms with Crippen molar-refractivity contribution in [1.82, 2.24) is 0 Å². The van der Waals surface area contributed by atoms with Crippen molar-refractivity contribution in [2.45, 2.75) is 6.92 Å². The Bertz CT molecular complexity index is 738. The van der Waals surface area contributed by atoms with Gasteiger partial charge in [-0.3, -0.25) is 0 Å². The fraction of sp³-hybridized carbons (Fsp3) is 0.0714. The van der Waals surface area contributed by atoms with Crippen LogP contribution in [0.4, 0.5) is 22.0 Å². The maximum Gasteiger partial charge on any atom is 0.336 e. The number of carbonyl (C=O) groups is 1. The van der Waals surface area contributed by atoms with E-state index in [0.29, 0.717) is 4.88 Å². The molecule has 0 aliphatic carbocycles. The first-order chi connectivity index (χ1) is 10.3. The molecule has 0 unspecified atom stereocenters. The topological polar surface area (TPSA) is 26.3 Å². The highest BCUT2D eigenvalue weighted by Crippen LogP contribution is 2.29. The molecule has 0 saturated carbocycles. The summed E-state index contributed by atoms with van der Waals surface area (Å²) in [5.74, 6) is -14.0. The van der Waals surface area contributed by atoms with Crippen LogP contribution < -0.4 is 4.74 Å². The number of aryl methyl sites for hydroxylation is 1. The second-order valence-electron chi connectivity index (χ2n) is 4.18. The van der Waals surface area contributed by atoms with Crippen LogP contribution in [0.15, 0.2) is 17.5 Å². The third-order valence-corrected chi connectivity index (χ3v) is 3.52. The van der Waals surface area contributed by atoms with Gasteiger partial charge in [-0.15, -0.1) is 11.3 Å². The zero-order valence-corrected chi connectivity index (χ0v) is 11.7. The molecule has 2 rings (SSSR count). The van der Waals surface area contributed by atoms with Crippen LogP contribution in [0.3, 0.4) is 0 Å². The van der Waals surface area contributed by atoms with E-state index in [0.717, 1.165) is 11.6 Å². The van der Waals surface area contributed by atoms with Crippen LogP contribution in [0.25, 0.3) is 6.08 Å². The van der Waals surface area contributed by atoms with Crippen molar-refractivity contribution in [1.29, 1.82) is 0 Å². The SMILES string of the molecule is Cc1csc(C=CC(=O)Oc2c(F)c(F)c(F)c(F)c2F)c1. The van der Waals surface area contributed by atoms with Gasteiger partial charge in [-0.25, -0.2) is 18.0 Å². The van der Waals surface area contributed by atoms with Gasteiger partial charge >= 0.3 is 5.97 Å². The van der Waals surface area contributed by atoms with Gasteiger partial charge in [0.2, 0.25) is 34.8 Å². The molecule has 0 fully saturated rings. The van der Waals surface area contributed by atoms with E-state index in [2.05, 4.69) is 4.74 Å². The number of thiophene rings is 1. The molecule has 22 heavy (non-hydrogen) atoms. The van der Waals surface area contributed by atoms with Gasteiger partial charge in [0.05, 0.1) is 0 Å². The Kier molecular flexibility index (Phi) is 4.60. The molecule has 0 aliphatic rings. The number of halogens is 5. The van der Waals surface area contributed by atoms with Crippen molar-refractivity contribution in [3.8, 4) is 5.75 Å². The van der Waals surface area contributed by atoms with Gasteiger partial charge < -0.3 is 4.74 Å². The van der Waals surface area contributed by atoms with Crippen molar-refractivity contribution in [3.63, 3.8) is 0 Å². The van der Waals surface area contributed by atoms with E-state index in [1.807, 2.05) is 6.92 Å². The summed E-state index contributed by atoms with van der Waals surface area (Å²) in [7, 11) is 0. The van der Waals surface area contributed by atoms with Crippen molar-refractivity contribution in [2.75, 3.05) is 0 Å². The normalized spacial score (nSPS) is 11.2. The van der Waals surface area contributed by atoms with E-state index in [1.54, 1.807) is 11.4 Å². The Morgan fingerprint density at radius 3 is 2.09 bits per heavy atom. The minimum atomic E-state index is -2.32. The summed E-state index contributed by atoms with van der Waals surface area (Å²) in [6.45, 7) is 1.82. The van der Waals surface area contributed by atoms with E-state index in [1.165, 1.54) is 17.4 Å². The standard InChI is InChI=1S/C14H7F5O2S/c1-6-4-7(22-5-6)2-3-8(20)21-14-12(18)10(16)9(15)11(17)13(14)19/h2-5H,1H3. The highest BCUT2D eigenvalue weighted by molar-refractivity contribution is 7.11. The van der Waals surface area contributed by atoms with Crippen molar-refractivity contribution in [2.24, 2.45) is 0 Å². The van der Waals surface area contributed by atoms with Crippen LogP contribution in [-0.2, 0) is 4.79 Å². The first-order valence-electron chi connectivity index (χ1n) is 5.77. The second kappa shape index (κ2) is 6.27. The first-order valence-corrected chi connectivity index (χ1v) is 6.65. The highest BCUT2D eigenvalue weighted by atomic mass is 32.1. The summed E-state index contributed by atoms with van der Waals surface area (Å²) in [5.41, 5.74) is 0.942. The summed E-state index contributed by atoms with van der Waals surface area (Å²) in [6, 6.07) is 1.73. The third-order valence-electron chi connectivity index (χ3n) is 2.51. The van der Waals surface area contributed by atoms with Crippen molar-refractivity contribution < 1.29 is 31.5 Å². The Labute approximate surface area is 125 Å². The average molecular weight is 334 g/mol. The molecule has 8 heteroatoms. The smallest absolute Gasteiger partial charge is 0.336 e. The molecule has 1 aromatic carbocycles. The van der Waals surface area contributed by atoms with Crippen LogP contribution >= 0.6 is 11.3 Å². The Morgan fingerprint density at radius 2 is 1.59 bits per heavy atom. The summed E-state index contributed by atoms with van der Waals surface area (Å²) in [4.78, 5) is 12.1. The number of esters is 1. The van der Waals surface area contributed by atoms with Gasteiger partial charge in [0.25, 0.3) is 0 Å². The zero-order valence-electron chi connectivity index (χ0n) is 10.9. The Balaban J connectivity index is 2.24. The molecule has 0 radical (unpaired) electrons. The fourth-order valence-corrected chi connectivity index (χ4v) is 2.29. The highest BCUT2D eigenvalue weighted by Gasteiger charge is 2.28. The molecule has 2 nitrogen and oxygen atoms in total.